The van der Waals surface area contributed by atoms with Gasteiger partial charge in [0, 0.05) is 31.7 Å². The van der Waals surface area contributed by atoms with Crippen molar-refractivity contribution in [3.05, 3.63) is 59.7 Å². The Bertz CT molecular complexity index is 964. The highest BCUT2D eigenvalue weighted by Gasteiger charge is 2.24. The summed E-state index contributed by atoms with van der Waals surface area (Å²) < 4.78 is 26.0. The van der Waals surface area contributed by atoms with Crippen LogP contribution in [0.4, 0.5) is 4.39 Å². The molecule has 9 heteroatoms. The largest absolute Gasteiger partial charge is 0.487 e. The van der Waals surface area contributed by atoms with Gasteiger partial charge >= 0.3 is 0 Å². The first-order valence-corrected chi connectivity index (χ1v) is 10.1. The molecule has 1 N–H and O–H groups in total. The van der Waals surface area contributed by atoms with Gasteiger partial charge in [0.1, 0.15) is 30.2 Å². The van der Waals surface area contributed by atoms with Gasteiger partial charge in [0.25, 0.3) is 5.91 Å². The molecule has 2 heterocycles. The first kappa shape index (κ1) is 22.4. The molecule has 1 saturated heterocycles. The van der Waals surface area contributed by atoms with Gasteiger partial charge in [-0.2, -0.15) is 0 Å². The number of nitrogens with zero attached hydrogens (tertiary/aromatic N) is 3. The number of allylic oxidation sites excluding steroid dienone is 4. The summed E-state index contributed by atoms with van der Waals surface area (Å²) in [6, 6.07) is 5.74. The smallest absolute Gasteiger partial charge is 0.274 e. The molecule has 1 aromatic heterocycles. The summed E-state index contributed by atoms with van der Waals surface area (Å²) in [6.45, 7) is 2.95. The second-order valence-electron chi connectivity index (χ2n) is 6.92. The van der Waals surface area contributed by atoms with Crippen molar-refractivity contribution in [2.45, 2.75) is 38.8 Å². The predicted octanol–water partition coefficient (Wildman–Crippen LogP) is 2.91. The van der Waals surface area contributed by atoms with Crippen LogP contribution in [-0.2, 0) is 16.1 Å². The molecule has 0 spiro atoms. The van der Waals surface area contributed by atoms with Gasteiger partial charge in [-0.15, -0.1) is 5.10 Å². The van der Waals surface area contributed by atoms with E-state index in [-0.39, 0.29) is 30.7 Å². The third-order valence-electron chi connectivity index (χ3n) is 4.77. The quantitative estimate of drug-likeness (QED) is 0.487. The Morgan fingerprint density at radius 2 is 2.19 bits per heavy atom. The Balaban J connectivity index is 1.87. The highest BCUT2D eigenvalue weighted by molar-refractivity contribution is 5.93. The highest BCUT2D eigenvalue weighted by atomic mass is 19.1. The fraction of sp³-hybridized carbons (Fsp3) is 0.364. The molecule has 1 fully saturated rings. The Kier molecular flexibility index (Phi) is 8.05. The summed E-state index contributed by atoms with van der Waals surface area (Å²) in [5, 5.41) is 11.2. The Morgan fingerprint density at radius 1 is 1.39 bits per heavy atom. The lowest BCUT2D eigenvalue weighted by Crippen LogP contribution is -2.39. The first-order valence-electron chi connectivity index (χ1n) is 10.1. The van der Waals surface area contributed by atoms with Crippen LogP contribution in [0.5, 0.6) is 5.75 Å². The number of carbonyl (C=O) groups excluding carboxylic acids is 2. The minimum Gasteiger partial charge on any atom is -0.487 e. The zero-order chi connectivity index (χ0) is 22.1. The molecule has 0 aliphatic carbocycles. The number of carbonyl (C=O) groups is 2. The van der Waals surface area contributed by atoms with E-state index < -0.39 is 5.82 Å². The zero-order valence-corrected chi connectivity index (χ0v) is 17.3. The normalized spacial score (nSPS) is 15.2. The third-order valence-corrected chi connectivity index (χ3v) is 4.77. The summed E-state index contributed by atoms with van der Waals surface area (Å²) in [5.41, 5.74) is 1.17. The summed E-state index contributed by atoms with van der Waals surface area (Å²) in [6.07, 6.45) is 7.66. The fourth-order valence-electron chi connectivity index (χ4n) is 3.15. The average Bonchev–Trinajstić information content (AvgIpc) is 3.20. The molecule has 1 aromatic carbocycles. The number of hydrogen-bond acceptors (Lipinski definition) is 6. The third kappa shape index (κ3) is 6.08. The van der Waals surface area contributed by atoms with Crippen molar-refractivity contribution in [3.8, 4) is 5.75 Å². The van der Waals surface area contributed by atoms with E-state index in [0.717, 1.165) is 19.1 Å². The molecule has 0 unspecified atom stereocenters. The van der Waals surface area contributed by atoms with Crippen molar-refractivity contribution in [1.29, 1.82) is 0 Å². The van der Waals surface area contributed by atoms with Gasteiger partial charge in [-0.05, 0) is 38.0 Å². The molecule has 1 amide bonds. The van der Waals surface area contributed by atoms with E-state index in [4.69, 9.17) is 9.47 Å². The first-order chi connectivity index (χ1) is 15.1. The molecule has 31 heavy (non-hydrogen) atoms. The number of aldehydes is 1. The van der Waals surface area contributed by atoms with Crippen LogP contribution in [0.25, 0.3) is 5.70 Å². The number of ether oxygens (including phenoxy) is 2. The maximum absolute atomic E-state index is 13.5. The number of benzene rings is 1. The zero-order valence-electron chi connectivity index (χ0n) is 17.3. The van der Waals surface area contributed by atoms with E-state index in [9.17, 15) is 14.0 Å². The van der Waals surface area contributed by atoms with Crippen molar-refractivity contribution in [2.24, 2.45) is 0 Å². The lowest BCUT2D eigenvalue weighted by Gasteiger charge is -2.22. The molecule has 2 aromatic rings. The second kappa shape index (κ2) is 11.2. The van der Waals surface area contributed by atoms with Gasteiger partial charge in [-0.3, -0.25) is 4.79 Å². The molecule has 3 rings (SSSR count). The molecule has 0 bridgehead atoms. The predicted molar refractivity (Wildman–Crippen MR) is 112 cm³/mol. The number of hydrogen-bond donors (Lipinski definition) is 1. The summed E-state index contributed by atoms with van der Waals surface area (Å²) >= 11 is 0. The lowest BCUT2D eigenvalue weighted by atomic mass is 10.1. The van der Waals surface area contributed by atoms with Crippen molar-refractivity contribution < 1.29 is 23.5 Å². The van der Waals surface area contributed by atoms with Crippen molar-refractivity contribution in [1.82, 2.24) is 20.3 Å². The Morgan fingerprint density at radius 3 is 2.90 bits per heavy atom. The lowest BCUT2D eigenvalue weighted by molar-refractivity contribution is -0.107. The van der Waals surface area contributed by atoms with Crippen molar-refractivity contribution >= 4 is 17.9 Å². The van der Waals surface area contributed by atoms with Crippen LogP contribution < -0.4 is 10.1 Å². The maximum Gasteiger partial charge on any atom is 0.274 e. The van der Waals surface area contributed by atoms with Gasteiger partial charge in [-0.25, -0.2) is 9.07 Å². The average molecular weight is 428 g/mol. The summed E-state index contributed by atoms with van der Waals surface area (Å²) in [4.78, 5) is 23.5. The number of rotatable bonds is 9. The maximum atomic E-state index is 13.5. The standard InChI is InChI=1S/C22H25FN4O4/c1-2-18(7-3-4-11-28)27-20(15-31-19-8-5-6-16(23)14-19)21(25-26-27)22(29)24-17-9-12-30-13-10-17/h2-3,5-8,11,14,17H,4,9-10,12-13,15H2,1H3,(H,24,29)/b7-3-,18-2+. The summed E-state index contributed by atoms with van der Waals surface area (Å²) in [5.74, 6) is -0.460. The minimum atomic E-state index is -0.424. The van der Waals surface area contributed by atoms with E-state index in [1.807, 2.05) is 0 Å². The highest BCUT2D eigenvalue weighted by Crippen LogP contribution is 2.19. The molecule has 8 nitrogen and oxygen atoms in total. The second-order valence-corrected chi connectivity index (χ2v) is 6.92. The molecular weight excluding hydrogens is 403 g/mol. The van der Waals surface area contributed by atoms with E-state index in [1.54, 1.807) is 37.3 Å². The molecule has 0 radical (unpaired) electrons. The van der Waals surface area contributed by atoms with Gasteiger partial charge in [0.2, 0.25) is 0 Å². The number of amides is 1. The fourth-order valence-corrected chi connectivity index (χ4v) is 3.15. The molecular formula is C22H25FN4O4. The van der Waals surface area contributed by atoms with Crippen molar-refractivity contribution in [2.75, 3.05) is 13.2 Å². The summed E-state index contributed by atoms with van der Waals surface area (Å²) in [7, 11) is 0. The monoisotopic (exact) mass is 428 g/mol. The van der Waals surface area contributed by atoms with E-state index in [2.05, 4.69) is 15.6 Å². The van der Waals surface area contributed by atoms with Gasteiger partial charge in [0.15, 0.2) is 5.69 Å². The number of nitrogens with one attached hydrogen (secondary N) is 1. The van der Waals surface area contributed by atoms with Crippen LogP contribution >= 0.6 is 0 Å². The molecule has 1 aliphatic heterocycles. The van der Waals surface area contributed by atoms with Crippen LogP contribution in [0.1, 0.15) is 42.4 Å². The van der Waals surface area contributed by atoms with E-state index in [1.165, 1.54) is 16.8 Å². The van der Waals surface area contributed by atoms with Crippen LogP contribution in [-0.4, -0.2) is 46.4 Å². The number of aromatic nitrogens is 3. The molecule has 1 aliphatic rings. The van der Waals surface area contributed by atoms with Crippen LogP contribution in [0.15, 0.2) is 42.5 Å². The number of halogens is 1. The SMILES string of the molecule is C/C=C(\C=C/CC=O)n1nnc(C(=O)NC2CCOCC2)c1COc1cccc(F)c1. The Labute approximate surface area is 179 Å². The van der Waals surface area contributed by atoms with Gasteiger partial charge in [0.05, 0.1) is 5.70 Å². The van der Waals surface area contributed by atoms with Crippen molar-refractivity contribution in [3.63, 3.8) is 0 Å². The minimum absolute atomic E-state index is 0.00272. The van der Waals surface area contributed by atoms with E-state index >= 15 is 0 Å². The molecule has 0 saturated carbocycles. The van der Waals surface area contributed by atoms with Crippen LogP contribution in [0, 0.1) is 5.82 Å². The van der Waals surface area contributed by atoms with E-state index in [0.29, 0.717) is 30.4 Å². The Hall–Kier alpha value is -3.33. The van der Waals surface area contributed by atoms with Crippen LogP contribution in [0.2, 0.25) is 0 Å². The molecule has 164 valence electrons. The topological polar surface area (TPSA) is 95.3 Å². The molecule has 0 atom stereocenters. The van der Waals surface area contributed by atoms with Gasteiger partial charge in [-0.1, -0.05) is 23.4 Å². The van der Waals surface area contributed by atoms with Gasteiger partial charge < -0.3 is 19.6 Å². The van der Waals surface area contributed by atoms with Crippen LogP contribution in [0.3, 0.4) is 0 Å².